The lowest BCUT2D eigenvalue weighted by atomic mass is 10.1. The highest BCUT2D eigenvalue weighted by Crippen LogP contribution is 2.28. The standard InChI is InChI=1S/C15H17N3O3/c1-21-14-6-5-11-12(16-14)3-2-4-13(11)17-7-9-18(10-8-17)15(19)20/h2-6H,7-10H2,1H3,(H,19,20). The van der Waals surface area contributed by atoms with Crippen LogP contribution in [0.5, 0.6) is 5.88 Å². The lowest BCUT2D eigenvalue weighted by molar-refractivity contribution is 0.142. The Labute approximate surface area is 122 Å². The number of methoxy groups -OCH3 is 1. The molecule has 0 radical (unpaired) electrons. The van der Waals surface area contributed by atoms with Crippen LogP contribution in [-0.4, -0.2) is 54.4 Å². The maximum Gasteiger partial charge on any atom is 0.407 e. The average molecular weight is 287 g/mol. The van der Waals surface area contributed by atoms with E-state index in [2.05, 4.69) is 9.88 Å². The van der Waals surface area contributed by atoms with Gasteiger partial charge in [0.2, 0.25) is 5.88 Å². The lowest BCUT2D eigenvalue weighted by Crippen LogP contribution is -2.48. The van der Waals surface area contributed by atoms with E-state index in [1.54, 1.807) is 7.11 Å². The molecule has 1 saturated heterocycles. The van der Waals surface area contributed by atoms with E-state index in [9.17, 15) is 4.79 Å². The van der Waals surface area contributed by atoms with Gasteiger partial charge in [-0.15, -0.1) is 0 Å². The molecule has 0 atom stereocenters. The highest BCUT2D eigenvalue weighted by atomic mass is 16.5. The van der Waals surface area contributed by atoms with E-state index < -0.39 is 6.09 Å². The maximum absolute atomic E-state index is 11.0. The molecule has 0 aliphatic carbocycles. The maximum atomic E-state index is 11.0. The van der Waals surface area contributed by atoms with Crippen LogP contribution in [0, 0.1) is 0 Å². The third-order valence-electron chi connectivity index (χ3n) is 3.78. The lowest BCUT2D eigenvalue weighted by Gasteiger charge is -2.35. The average Bonchev–Trinajstić information content (AvgIpc) is 2.53. The smallest absolute Gasteiger partial charge is 0.407 e. The number of pyridine rings is 1. The molecule has 1 aromatic heterocycles. The second-order valence-corrected chi connectivity index (χ2v) is 4.95. The number of nitrogens with zero attached hydrogens (tertiary/aromatic N) is 3. The van der Waals surface area contributed by atoms with Gasteiger partial charge >= 0.3 is 6.09 Å². The Morgan fingerprint density at radius 2 is 1.95 bits per heavy atom. The Morgan fingerprint density at radius 1 is 1.19 bits per heavy atom. The van der Waals surface area contributed by atoms with Crippen molar-refractivity contribution < 1.29 is 14.6 Å². The summed E-state index contributed by atoms with van der Waals surface area (Å²) in [6.45, 7) is 2.43. The fourth-order valence-electron chi connectivity index (χ4n) is 2.65. The highest BCUT2D eigenvalue weighted by Gasteiger charge is 2.21. The molecule has 3 rings (SSSR count). The van der Waals surface area contributed by atoms with E-state index in [1.165, 1.54) is 4.90 Å². The SMILES string of the molecule is COc1ccc2c(N3CCN(C(=O)O)CC3)cccc2n1. The summed E-state index contributed by atoms with van der Waals surface area (Å²) in [4.78, 5) is 19.1. The number of hydrogen-bond donors (Lipinski definition) is 1. The molecule has 1 aromatic carbocycles. The van der Waals surface area contributed by atoms with E-state index >= 15 is 0 Å². The summed E-state index contributed by atoms with van der Waals surface area (Å²) < 4.78 is 5.15. The second kappa shape index (κ2) is 5.47. The van der Waals surface area contributed by atoms with Crippen LogP contribution in [0.15, 0.2) is 30.3 Å². The number of carboxylic acid groups (broad SMARTS) is 1. The van der Waals surface area contributed by atoms with E-state index in [-0.39, 0.29) is 0 Å². The van der Waals surface area contributed by atoms with Gasteiger partial charge < -0.3 is 19.6 Å². The van der Waals surface area contributed by atoms with Crippen molar-refractivity contribution in [1.29, 1.82) is 0 Å². The third-order valence-corrected chi connectivity index (χ3v) is 3.78. The minimum atomic E-state index is -0.848. The molecule has 1 aliphatic rings. The number of ether oxygens (including phenoxy) is 1. The summed E-state index contributed by atoms with van der Waals surface area (Å²) >= 11 is 0. The minimum Gasteiger partial charge on any atom is -0.481 e. The summed E-state index contributed by atoms with van der Waals surface area (Å²) in [6, 6.07) is 9.81. The van der Waals surface area contributed by atoms with Crippen molar-refractivity contribution in [2.24, 2.45) is 0 Å². The second-order valence-electron chi connectivity index (χ2n) is 4.95. The van der Waals surface area contributed by atoms with Gasteiger partial charge in [-0.1, -0.05) is 6.07 Å². The zero-order chi connectivity index (χ0) is 14.8. The van der Waals surface area contributed by atoms with Crippen molar-refractivity contribution in [3.63, 3.8) is 0 Å². The Balaban J connectivity index is 1.89. The van der Waals surface area contributed by atoms with Gasteiger partial charge in [-0.2, -0.15) is 0 Å². The normalized spacial score (nSPS) is 15.3. The van der Waals surface area contributed by atoms with Gasteiger partial charge in [0.25, 0.3) is 0 Å². The molecule has 6 heteroatoms. The Bertz CT molecular complexity index is 666. The molecule has 0 spiro atoms. The van der Waals surface area contributed by atoms with Crippen molar-refractivity contribution >= 4 is 22.7 Å². The minimum absolute atomic E-state index is 0.523. The fraction of sp³-hybridized carbons (Fsp3) is 0.333. The molecule has 110 valence electrons. The first-order chi connectivity index (χ1) is 10.2. The summed E-state index contributed by atoms with van der Waals surface area (Å²) in [7, 11) is 1.60. The van der Waals surface area contributed by atoms with E-state index in [0.29, 0.717) is 32.1 Å². The zero-order valence-corrected chi connectivity index (χ0v) is 11.8. The molecule has 1 fully saturated rings. The molecule has 1 N–H and O–H groups in total. The predicted molar refractivity (Wildman–Crippen MR) is 80.1 cm³/mol. The van der Waals surface area contributed by atoms with Crippen LogP contribution < -0.4 is 9.64 Å². The van der Waals surface area contributed by atoms with Crippen LogP contribution in [0.4, 0.5) is 10.5 Å². The van der Waals surface area contributed by atoms with Gasteiger partial charge in [0.05, 0.1) is 12.6 Å². The van der Waals surface area contributed by atoms with E-state index in [4.69, 9.17) is 9.84 Å². The number of fused-ring (bicyclic) bond motifs is 1. The molecule has 21 heavy (non-hydrogen) atoms. The largest absolute Gasteiger partial charge is 0.481 e. The van der Waals surface area contributed by atoms with Crippen molar-refractivity contribution in [2.45, 2.75) is 0 Å². The predicted octanol–water partition coefficient (Wildman–Crippen LogP) is 2.04. The van der Waals surface area contributed by atoms with Crippen LogP contribution in [0.25, 0.3) is 10.9 Å². The van der Waals surface area contributed by atoms with Gasteiger partial charge in [0, 0.05) is 43.3 Å². The molecule has 1 aliphatic heterocycles. The van der Waals surface area contributed by atoms with Crippen molar-refractivity contribution in [2.75, 3.05) is 38.2 Å². The zero-order valence-electron chi connectivity index (χ0n) is 11.8. The van der Waals surface area contributed by atoms with Crippen LogP contribution in [0.1, 0.15) is 0 Å². The highest BCUT2D eigenvalue weighted by molar-refractivity contribution is 5.92. The molecular weight excluding hydrogens is 270 g/mol. The van der Waals surface area contributed by atoms with Crippen LogP contribution in [0.2, 0.25) is 0 Å². The Kier molecular flexibility index (Phi) is 3.51. The first kappa shape index (κ1) is 13.5. The first-order valence-corrected chi connectivity index (χ1v) is 6.85. The molecule has 1 amide bonds. The number of piperazine rings is 1. The van der Waals surface area contributed by atoms with Crippen LogP contribution in [0.3, 0.4) is 0 Å². The fourth-order valence-corrected chi connectivity index (χ4v) is 2.65. The van der Waals surface area contributed by atoms with E-state index in [0.717, 1.165) is 16.6 Å². The number of carbonyl (C=O) groups is 1. The Morgan fingerprint density at radius 3 is 2.62 bits per heavy atom. The number of amides is 1. The van der Waals surface area contributed by atoms with Gasteiger partial charge in [0.15, 0.2) is 0 Å². The van der Waals surface area contributed by atoms with Crippen molar-refractivity contribution in [3.8, 4) is 5.88 Å². The van der Waals surface area contributed by atoms with Gasteiger partial charge in [-0.05, 0) is 18.2 Å². The van der Waals surface area contributed by atoms with Crippen LogP contribution >= 0.6 is 0 Å². The molecule has 0 unspecified atom stereocenters. The molecule has 0 saturated carbocycles. The first-order valence-electron chi connectivity index (χ1n) is 6.85. The van der Waals surface area contributed by atoms with Crippen LogP contribution in [-0.2, 0) is 0 Å². The van der Waals surface area contributed by atoms with Gasteiger partial charge in [0.1, 0.15) is 0 Å². The van der Waals surface area contributed by atoms with Crippen molar-refractivity contribution in [1.82, 2.24) is 9.88 Å². The summed E-state index contributed by atoms with van der Waals surface area (Å²) in [5.41, 5.74) is 1.97. The quantitative estimate of drug-likeness (QED) is 0.915. The molecule has 2 heterocycles. The summed E-state index contributed by atoms with van der Waals surface area (Å²) in [6.07, 6.45) is -0.848. The number of aromatic nitrogens is 1. The summed E-state index contributed by atoms with van der Waals surface area (Å²) in [5.74, 6) is 0.593. The number of hydrogen-bond acceptors (Lipinski definition) is 4. The van der Waals surface area contributed by atoms with E-state index in [1.807, 2.05) is 30.3 Å². The number of benzene rings is 1. The number of anilines is 1. The number of rotatable bonds is 2. The molecule has 2 aromatic rings. The van der Waals surface area contributed by atoms with Gasteiger partial charge in [-0.25, -0.2) is 9.78 Å². The monoisotopic (exact) mass is 287 g/mol. The topological polar surface area (TPSA) is 65.9 Å². The Hall–Kier alpha value is -2.50. The molecular formula is C15H17N3O3. The van der Waals surface area contributed by atoms with Gasteiger partial charge in [-0.3, -0.25) is 0 Å². The molecule has 0 bridgehead atoms. The van der Waals surface area contributed by atoms with Crippen molar-refractivity contribution in [3.05, 3.63) is 30.3 Å². The summed E-state index contributed by atoms with van der Waals surface area (Å²) in [5, 5.41) is 10.1. The third kappa shape index (κ3) is 2.56. The molecule has 6 nitrogen and oxygen atoms in total.